The number of unbranched alkanes of at least 4 members (excludes halogenated alkanes) is 1. The maximum Gasteiger partial charge on any atom is 0.161 e. The lowest BCUT2D eigenvalue weighted by molar-refractivity contribution is 0.276. The first-order valence-corrected chi connectivity index (χ1v) is 8.32. The van der Waals surface area contributed by atoms with Crippen LogP contribution in [0.25, 0.3) is 0 Å². The Hall–Kier alpha value is -0.870. The number of hydrogen-bond donors (Lipinski definition) is 1. The second-order valence-electron chi connectivity index (χ2n) is 4.18. The van der Waals surface area contributed by atoms with Gasteiger partial charge in [-0.15, -0.1) is 0 Å². The van der Waals surface area contributed by atoms with Crippen LogP contribution in [0.1, 0.15) is 19.8 Å². The van der Waals surface area contributed by atoms with Crippen LogP contribution >= 0.6 is 11.8 Å². The van der Waals surface area contributed by atoms with Gasteiger partial charge in [0.1, 0.15) is 6.61 Å². The van der Waals surface area contributed by atoms with Crippen molar-refractivity contribution in [1.29, 1.82) is 0 Å². The highest BCUT2D eigenvalue weighted by Gasteiger charge is 2.02. The Bertz CT molecular complexity index is 334. The van der Waals surface area contributed by atoms with E-state index in [0.717, 1.165) is 24.6 Å². The van der Waals surface area contributed by atoms with Gasteiger partial charge in [-0.2, -0.15) is 11.8 Å². The molecule has 0 unspecified atom stereocenters. The van der Waals surface area contributed by atoms with Crippen LogP contribution in [-0.2, 0) is 0 Å². The van der Waals surface area contributed by atoms with Crippen molar-refractivity contribution in [3.63, 3.8) is 0 Å². The molecule has 0 fully saturated rings. The Kier molecular flexibility index (Phi) is 9.37. The van der Waals surface area contributed by atoms with Crippen LogP contribution in [-0.4, -0.2) is 38.3 Å². The van der Waals surface area contributed by atoms with Crippen molar-refractivity contribution < 1.29 is 9.47 Å². The van der Waals surface area contributed by atoms with Crippen LogP contribution in [0.15, 0.2) is 24.3 Å². The van der Waals surface area contributed by atoms with Gasteiger partial charge in [0.25, 0.3) is 0 Å². The zero-order valence-corrected chi connectivity index (χ0v) is 12.8. The number of benzene rings is 1. The first kappa shape index (κ1) is 16.2. The molecule has 19 heavy (non-hydrogen) atoms. The molecule has 1 aromatic carbocycles. The van der Waals surface area contributed by atoms with Crippen molar-refractivity contribution in [3.05, 3.63) is 24.3 Å². The van der Waals surface area contributed by atoms with Crippen molar-refractivity contribution in [2.45, 2.75) is 19.8 Å². The van der Waals surface area contributed by atoms with Crippen molar-refractivity contribution in [2.24, 2.45) is 0 Å². The van der Waals surface area contributed by atoms with E-state index in [-0.39, 0.29) is 0 Å². The van der Waals surface area contributed by atoms with Crippen LogP contribution in [0.5, 0.6) is 11.5 Å². The molecule has 0 amide bonds. The predicted molar refractivity (Wildman–Crippen MR) is 83.6 cm³/mol. The highest BCUT2D eigenvalue weighted by Crippen LogP contribution is 2.25. The molecule has 1 rings (SSSR count). The van der Waals surface area contributed by atoms with Crippen LogP contribution in [0.2, 0.25) is 0 Å². The number of hydrogen-bond acceptors (Lipinski definition) is 4. The SMILES string of the molecule is CCOc1ccccc1OCCNCCCCSC. The molecule has 0 aromatic heterocycles. The topological polar surface area (TPSA) is 30.5 Å². The smallest absolute Gasteiger partial charge is 0.161 e. The third-order valence-corrected chi connectivity index (χ3v) is 3.33. The highest BCUT2D eigenvalue weighted by atomic mass is 32.2. The fourth-order valence-corrected chi connectivity index (χ4v) is 2.19. The third-order valence-electron chi connectivity index (χ3n) is 2.64. The molecule has 108 valence electrons. The Balaban J connectivity index is 2.12. The van der Waals surface area contributed by atoms with Gasteiger partial charge >= 0.3 is 0 Å². The molecule has 3 nitrogen and oxygen atoms in total. The largest absolute Gasteiger partial charge is 0.490 e. The van der Waals surface area contributed by atoms with Gasteiger partial charge in [0.15, 0.2) is 11.5 Å². The van der Waals surface area contributed by atoms with Gasteiger partial charge in [-0.3, -0.25) is 0 Å². The summed E-state index contributed by atoms with van der Waals surface area (Å²) in [6, 6.07) is 7.81. The summed E-state index contributed by atoms with van der Waals surface area (Å²) in [5.74, 6) is 2.90. The summed E-state index contributed by atoms with van der Waals surface area (Å²) in [6.07, 6.45) is 4.66. The van der Waals surface area contributed by atoms with Gasteiger partial charge in [-0.25, -0.2) is 0 Å². The first-order valence-electron chi connectivity index (χ1n) is 6.92. The number of nitrogens with one attached hydrogen (secondary N) is 1. The third kappa shape index (κ3) is 7.33. The van der Waals surface area contributed by atoms with Gasteiger partial charge in [0, 0.05) is 6.54 Å². The molecule has 0 saturated heterocycles. The Morgan fingerprint density at radius 2 is 1.79 bits per heavy atom. The molecule has 0 bridgehead atoms. The van der Waals surface area contributed by atoms with E-state index in [9.17, 15) is 0 Å². The van der Waals surface area contributed by atoms with E-state index in [0.29, 0.717) is 13.2 Å². The maximum absolute atomic E-state index is 5.73. The molecule has 0 aliphatic heterocycles. The molecule has 0 heterocycles. The minimum atomic E-state index is 0.661. The van der Waals surface area contributed by atoms with Crippen LogP contribution < -0.4 is 14.8 Å². The second-order valence-corrected chi connectivity index (χ2v) is 5.16. The molecule has 0 radical (unpaired) electrons. The Morgan fingerprint density at radius 3 is 2.47 bits per heavy atom. The van der Waals surface area contributed by atoms with Crippen molar-refractivity contribution in [3.8, 4) is 11.5 Å². The molecule has 1 N–H and O–H groups in total. The number of rotatable bonds is 11. The zero-order valence-electron chi connectivity index (χ0n) is 12.0. The summed E-state index contributed by atoms with van der Waals surface area (Å²) in [5, 5.41) is 3.39. The highest BCUT2D eigenvalue weighted by molar-refractivity contribution is 7.98. The number of thioether (sulfide) groups is 1. The van der Waals surface area contributed by atoms with Gasteiger partial charge in [0.2, 0.25) is 0 Å². The van der Waals surface area contributed by atoms with Crippen LogP contribution in [0.3, 0.4) is 0 Å². The molecule has 0 saturated carbocycles. The van der Waals surface area contributed by atoms with Gasteiger partial charge < -0.3 is 14.8 Å². The van der Waals surface area contributed by atoms with Crippen molar-refractivity contribution in [2.75, 3.05) is 38.3 Å². The van der Waals surface area contributed by atoms with Gasteiger partial charge in [-0.05, 0) is 50.5 Å². The van der Waals surface area contributed by atoms with Crippen molar-refractivity contribution in [1.82, 2.24) is 5.32 Å². The van der Waals surface area contributed by atoms with Crippen molar-refractivity contribution >= 4 is 11.8 Å². The lowest BCUT2D eigenvalue weighted by atomic mass is 10.3. The maximum atomic E-state index is 5.73. The summed E-state index contributed by atoms with van der Waals surface area (Å²) in [4.78, 5) is 0. The van der Waals surface area contributed by atoms with Gasteiger partial charge in [0.05, 0.1) is 6.61 Å². The Labute approximate surface area is 121 Å². The lowest BCUT2D eigenvalue weighted by Crippen LogP contribution is -2.22. The van der Waals surface area contributed by atoms with Gasteiger partial charge in [-0.1, -0.05) is 12.1 Å². The monoisotopic (exact) mass is 283 g/mol. The fraction of sp³-hybridized carbons (Fsp3) is 0.600. The molecule has 0 spiro atoms. The molecule has 0 atom stereocenters. The number of para-hydroxylation sites is 2. The normalized spacial score (nSPS) is 10.4. The summed E-state index contributed by atoms with van der Waals surface area (Å²) in [6.45, 7) is 5.25. The first-order chi connectivity index (χ1) is 9.38. The van der Waals surface area contributed by atoms with E-state index >= 15 is 0 Å². The van der Waals surface area contributed by atoms with E-state index in [1.165, 1.54) is 18.6 Å². The minimum Gasteiger partial charge on any atom is -0.490 e. The molecule has 4 heteroatoms. The lowest BCUT2D eigenvalue weighted by Gasteiger charge is -2.11. The zero-order chi connectivity index (χ0) is 13.8. The molecular formula is C15H25NO2S. The average Bonchev–Trinajstić information content (AvgIpc) is 2.44. The van der Waals surface area contributed by atoms with E-state index in [1.54, 1.807) is 0 Å². The van der Waals surface area contributed by atoms with Crippen LogP contribution in [0.4, 0.5) is 0 Å². The number of ether oxygens (including phenoxy) is 2. The quantitative estimate of drug-likeness (QED) is 0.632. The minimum absolute atomic E-state index is 0.661. The predicted octanol–water partition coefficient (Wildman–Crippen LogP) is 3.20. The molecule has 0 aliphatic carbocycles. The van der Waals surface area contributed by atoms with E-state index in [4.69, 9.17) is 9.47 Å². The van der Waals surface area contributed by atoms with E-state index in [1.807, 2.05) is 43.0 Å². The summed E-state index contributed by atoms with van der Waals surface area (Å²) in [7, 11) is 0. The van der Waals surface area contributed by atoms with E-state index < -0.39 is 0 Å². The van der Waals surface area contributed by atoms with E-state index in [2.05, 4.69) is 11.6 Å². The Morgan fingerprint density at radius 1 is 1.05 bits per heavy atom. The van der Waals surface area contributed by atoms with Crippen LogP contribution in [0, 0.1) is 0 Å². The summed E-state index contributed by atoms with van der Waals surface area (Å²) >= 11 is 1.91. The average molecular weight is 283 g/mol. The fourth-order valence-electron chi connectivity index (χ4n) is 1.70. The molecule has 0 aliphatic rings. The molecular weight excluding hydrogens is 258 g/mol. The summed E-state index contributed by atoms with van der Waals surface area (Å²) < 4.78 is 11.2. The summed E-state index contributed by atoms with van der Waals surface area (Å²) in [5.41, 5.74) is 0. The standard InChI is InChI=1S/C15H25NO2S/c1-3-17-14-8-4-5-9-15(14)18-12-11-16-10-6-7-13-19-2/h4-5,8-9,16H,3,6-7,10-13H2,1-2H3. The molecule has 1 aromatic rings. The second kappa shape index (κ2) is 11.0.